The molecule has 1 aliphatic heterocycles. The third-order valence-electron chi connectivity index (χ3n) is 4.87. The standard InChI is InChI=1S/C21H30ClFN2O4/c1-6-24(7-2)19(26)28-16-9-8-15(23)18(22)17(16)14-10-12-25(13-11-14)20(27)29-21(3,4)5/h8-9,14H,6-7,10-13H2,1-5H3. The number of piperidine rings is 1. The minimum atomic E-state index is -0.564. The number of benzene rings is 1. The third-order valence-corrected chi connectivity index (χ3v) is 5.25. The topological polar surface area (TPSA) is 59.1 Å². The van der Waals surface area contributed by atoms with Gasteiger partial charge in [-0.3, -0.25) is 0 Å². The fraction of sp³-hybridized carbons (Fsp3) is 0.619. The average molecular weight is 429 g/mol. The molecule has 0 radical (unpaired) electrons. The van der Waals surface area contributed by atoms with Gasteiger partial charge in [0.25, 0.3) is 0 Å². The van der Waals surface area contributed by atoms with Gasteiger partial charge in [0.1, 0.15) is 17.2 Å². The third kappa shape index (κ3) is 5.98. The van der Waals surface area contributed by atoms with Crippen LogP contribution in [0.3, 0.4) is 0 Å². The molecule has 162 valence electrons. The van der Waals surface area contributed by atoms with Crippen LogP contribution >= 0.6 is 11.6 Å². The van der Waals surface area contributed by atoms with Gasteiger partial charge in [-0.1, -0.05) is 11.6 Å². The highest BCUT2D eigenvalue weighted by molar-refractivity contribution is 6.31. The van der Waals surface area contributed by atoms with E-state index in [2.05, 4.69) is 0 Å². The molecule has 8 heteroatoms. The molecular weight excluding hydrogens is 399 g/mol. The van der Waals surface area contributed by atoms with E-state index in [1.807, 2.05) is 34.6 Å². The van der Waals surface area contributed by atoms with Gasteiger partial charge in [0, 0.05) is 31.7 Å². The summed E-state index contributed by atoms with van der Waals surface area (Å²) in [4.78, 5) is 27.8. The van der Waals surface area contributed by atoms with Crippen LogP contribution in [0.25, 0.3) is 0 Å². The molecule has 2 rings (SSSR count). The van der Waals surface area contributed by atoms with E-state index in [9.17, 15) is 14.0 Å². The molecule has 0 aliphatic carbocycles. The molecule has 1 aromatic carbocycles. The van der Waals surface area contributed by atoms with Gasteiger partial charge in [-0.2, -0.15) is 0 Å². The van der Waals surface area contributed by atoms with Gasteiger partial charge in [0.15, 0.2) is 0 Å². The zero-order valence-electron chi connectivity index (χ0n) is 17.8. The second kappa shape index (κ2) is 9.65. The Morgan fingerprint density at radius 3 is 2.31 bits per heavy atom. The molecule has 0 unspecified atom stereocenters. The molecule has 1 fully saturated rings. The van der Waals surface area contributed by atoms with Crippen molar-refractivity contribution in [3.05, 3.63) is 28.5 Å². The van der Waals surface area contributed by atoms with E-state index >= 15 is 0 Å². The van der Waals surface area contributed by atoms with Crippen LogP contribution in [0.1, 0.15) is 58.9 Å². The molecule has 0 spiro atoms. The van der Waals surface area contributed by atoms with Gasteiger partial charge in [0.05, 0.1) is 5.02 Å². The maximum atomic E-state index is 14.2. The summed E-state index contributed by atoms with van der Waals surface area (Å²) in [6.07, 6.45) is 0.274. The Kier molecular flexibility index (Phi) is 7.74. The summed E-state index contributed by atoms with van der Waals surface area (Å²) in [5.41, 5.74) is -0.0815. The largest absolute Gasteiger partial charge is 0.444 e. The first-order valence-corrected chi connectivity index (χ1v) is 10.4. The smallest absolute Gasteiger partial charge is 0.415 e. The Balaban J connectivity index is 2.17. The summed E-state index contributed by atoms with van der Waals surface area (Å²) in [6, 6.07) is 2.64. The number of nitrogens with zero attached hydrogens (tertiary/aromatic N) is 2. The number of carbonyl (C=O) groups is 2. The number of ether oxygens (including phenoxy) is 2. The lowest BCUT2D eigenvalue weighted by molar-refractivity contribution is 0.0204. The first-order valence-electron chi connectivity index (χ1n) is 9.99. The molecule has 29 heavy (non-hydrogen) atoms. The Morgan fingerprint density at radius 1 is 1.21 bits per heavy atom. The van der Waals surface area contributed by atoms with Crippen molar-refractivity contribution in [3.8, 4) is 5.75 Å². The SMILES string of the molecule is CCN(CC)C(=O)Oc1ccc(F)c(Cl)c1C1CCN(C(=O)OC(C)(C)C)CC1. The lowest BCUT2D eigenvalue weighted by atomic mass is 9.88. The van der Waals surface area contributed by atoms with Gasteiger partial charge in [-0.25, -0.2) is 14.0 Å². The monoisotopic (exact) mass is 428 g/mol. The highest BCUT2D eigenvalue weighted by Gasteiger charge is 2.31. The predicted molar refractivity (Wildman–Crippen MR) is 110 cm³/mol. The minimum absolute atomic E-state index is 0.0365. The first-order chi connectivity index (χ1) is 13.6. The molecule has 1 aromatic rings. The van der Waals surface area contributed by atoms with Crippen molar-refractivity contribution in [2.45, 2.75) is 59.0 Å². The summed E-state index contributed by atoms with van der Waals surface area (Å²) in [6.45, 7) is 11.1. The minimum Gasteiger partial charge on any atom is -0.444 e. The summed E-state index contributed by atoms with van der Waals surface area (Å²) < 4.78 is 25.1. The van der Waals surface area contributed by atoms with Gasteiger partial charge in [-0.05, 0) is 65.5 Å². The van der Waals surface area contributed by atoms with Gasteiger partial charge in [-0.15, -0.1) is 0 Å². The normalized spacial score (nSPS) is 15.2. The fourth-order valence-electron chi connectivity index (χ4n) is 3.34. The molecule has 1 aliphatic rings. The van der Waals surface area contributed by atoms with Crippen LogP contribution in [0.4, 0.5) is 14.0 Å². The van der Waals surface area contributed by atoms with E-state index in [1.54, 1.807) is 4.90 Å². The van der Waals surface area contributed by atoms with E-state index in [0.29, 0.717) is 44.6 Å². The molecular formula is C21H30ClFN2O4. The van der Waals surface area contributed by atoms with Crippen LogP contribution in [0.5, 0.6) is 5.75 Å². The number of likely N-dealkylation sites (tertiary alicyclic amines) is 1. The second-order valence-electron chi connectivity index (χ2n) is 8.06. The number of hydrogen-bond acceptors (Lipinski definition) is 4. The van der Waals surface area contributed by atoms with E-state index < -0.39 is 17.5 Å². The van der Waals surface area contributed by atoms with Crippen molar-refractivity contribution in [2.75, 3.05) is 26.2 Å². The van der Waals surface area contributed by atoms with Crippen molar-refractivity contribution in [3.63, 3.8) is 0 Å². The van der Waals surface area contributed by atoms with Crippen molar-refractivity contribution in [2.24, 2.45) is 0 Å². The molecule has 2 amide bonds. The highest BCUT2D eigenvalue weighted by atomic mass is 35.5. The number of rotatable bonds is 4. The quantitative estimate of drug-likeness (QED) is 0.641. The van der Waals surface area contributed by atoms with Gasteiger partial charge >= 0.3 is 12.2 Å². The van der Waals surface area contributed by atoms with Crippen LogP contribution in [0, 0.1) is 5.82 Å². The molecule has 6 nitrogen and oxygen atoms in total. The summed E-state index contributed by atoms with van der Waals surface area (Å²) >= 11 is 6.26. The van der Waals surface area contributed by atoms with Gasteiger partial charge in [0.2, 0.25) is 0 Å². The summed E-state index contributed by atoms with van der Waals surface area (Å²) in [7, 11) is 0. The van der Waals surface area contributed by atoms with Crippen molar-refractivity contribution >= 4 is 23.8 Å². The zero-order chi connectivity index (χ0) is 21.8. The Labute approximate surface area is 176 Å². The van der Waals surface area contributed by atoms with Crippen LogP contribution in [-0.4, -0.2) is 53.8 Å². The molecule has 0 N–H and O–H groups in total. The maximum absolute atomic E-state index is 14.2. The number of halogens is 2. The molecule has 0 aromatic heterocycles. The van der Waals surface area contributed by atoms with Crippen molar-refractivity contribution in [1.29, 1.82) is 0 Å². The summed E-state index contributed by atoms with van der Waals surface area (Å²) in [5, 5.41) is -0.0365. The van der Waals surface area contributed by atoms with Crippen LogP contribution < -0.4 is 4.74 Å². The molecule has 0 bridgehead atoms. The van der Waals surface area contributed by atoms with Crippen molar-refractivity contribution < 1.29 is 23.5 Å². The Morgan fingerprint density at radius 2 is 1.79 bits per heavy atom. The predicted octanol–water partition coefficient (Wildman–Crippen LogP) is 5.43. The number of hydrogen-bond donors (Lipinski definition) is 0. The van der Waals surface area contributed by atoms with Crippen molar-refractivity contribution in [1.82, 2.24) is 9.80 Å². The molecule has 0 atom stereocenters. The molecule has 1 saturated heterocycles. The highest BCUT2D eigenvalue weighted by Crippen LogP contribution is 2.40. The molecule has 0 saturated carbocycles. The molecule has 1 heterocycles. The Bertz CT molecular complexity index is 739. The van der Waals surface area contributed by atoms with Crippen LogP contribution in [-0.2, 0) is 4.74 Å². The second-order valence-corrected chi connectivity index (χ2v) is 8.43. The lowest BCUT2D eigenvalue weighted by Gasteiger charge is -2.34. The van der Waals surface area contributed by atoms with Crippen LogP contribution in [0.2, 0.25) is 5.02 Å². The fourth-order valence-corrected chi connectivity index (χ4v) is 3.65. The Hall–Kier alpha value is -2.02. The zero-order valence-corrected chi connectivity index (χ0v) is 18.5. The van der Waals surface area contributed by atoms with Crippen LogP contribution in [0.15, 0.2) is 12.1 Å². The van der Waals surface area contributed by atoms with E-state index in [-0.39, 0.29) is 22.8 Å². The first kappa shape index (κ1) is 23.3. The lowest BCUT2D eigenvalue weighted by Crippen LogP contribution is -2.41. The number of carbonyl (C=O) groups excluding carboxylic acids is 2. The van der Waals surface area contributed by atoms with Gasteiger partial charge < -0.3 is 19.3 Å². The average Bonchev–Trinajstić information content (AvgIpc) is 2.65. The maximum Gasteiger partial charge on any atom is 0.415 e. The van der Waals surface area contributed by atoms with E-state index in [1.165, 1.54) is 17.0 Å². The van der Waals surface area contributed by atoms with E-state index in [4.69, 9.17) is 21.1 Å². The summed E-state index contributed by atoms with van der Waals surface area (Å²) in [5.74, 6) is -0.417. The van der Waals surface area contributed by atoms with E-state index in [0.717, 1.165) is 0 Å². The number of amides is 2.